The first-order chi connectivity index (χ1) is 15.9. The molecule has 3 heterocycles. The summed E-state index contributed by atoms with van der Waals surface area (Å²) < 4.78 is 32.6. The van der Waals surface area contributed by atoms with Gasteiger partial charge in [0.15, 0.2) is 0 Å². The molecule has 0 aromatic carbocycles. The Hall–Kier alpha value is -3.55. The van der Waals surface area contributed by atoms with E-state index in [-0.39, 0.29) is 5.56 Å². The van der Waals surface area contributed by atoms with Crippen molar-refractivity contribution in [3.63, 3.8) is 0 Å². The van der Waals surface area contributed by atoms with Crippen molar-refractivity contribution in [1.29, 1.82) is 5.26 Å². The molecule has 1 saturated heterocycles. The Morgan fingerprint density at radius 2 is 2.09 bits per heavy atom. The quantitative estimate of drug-likeness (QED) is 0.716. The summed E-state index contributed by atoms with van der Waals surface area (Å²) in [4.78, 5) is 43.9. The van der Waals surface area contributed by atoms with Gasteiger partial charge in [-0.05, 0) is 38.8 Å². The minimum atomic E-state index is -3.13. The van der Waals surface area contributed by atoms with Crippen LogP contribution in [0.15, 0.2) is 24.5 Å². The first kappa shape index (κ1) is 25.1. The average molecular weight is 475 g/mol. The van der Waals surface area contributed by atoms with Gasteiger partial charge in [-0.15, -0.1) is 0 Å². The number of amides is 3. The molecule has 1 aromatic heterocycles. The predicted molar refractivity (Wildman–Crippen MR) is 118 cm³/mol. The number of aromatic nitrogens is 1. The van der Waals surface area contributed by atoms with Crippen LogP contribution in [0.3, 0.4) is 0 Å². The fourth-order valence-corrected chi connectivity index (χ4v) is 3.80. The Morgan fingerprint density at radius 3 is 2.71 bits per heavy atom. The van der Waals surface area contributed by atoms with Crippen LogP contribution < -0.4 is 5.32 Å². The Morgan fingerprint density at radius 1 is 1.35 bits per heavy atom. The van der Waals surface area contributed by atoms with Crippen molar-refractivity contribution < 1.29 is 27.9 Å². The topological polar surface area (TPSA) is 116 Å². The summed E-state index contributed by atoms with van der Waals surface area (Å²) in [5.41, 5.74) is 1.03. The minimum absolute atomic E-state index is 0.267. The van der Waals surface area contributed by atoms with Gasteiger partial charge in [0.2, 0.25) is 5.91 Å². The van der Waals surface area contributed by atoms with Crippen molar-refractivity contribution in [2.75, 3.05) is 26.2 Å². The third-order valence-corrected chi connectivity index (χ3v) is 5.41. The Bertz CT molecular complexity index is 1040. The monoisotopic (exact) mass is 475 g/mol. The van der Waals surface area contributed by atoms with Gasteiger partial charge < -0.3 is 19.9 Å². The second-order valence-electron chi connectivity index (χ2n) is 9.24. The largest absolute Gasteiger partial charge is 0.444 e. The van der Waals surface area contributed by atoms with Crippen LogP contribution in [0.4, 0.5) is 13.6 Å². The summed E-state index contributed by atoms with van der Waals surface area (Å²) in [5.74, 6) is -4.45. The molecule has 0 aliphatic carbocycles. The lowest BCUT2D eigenvalue weighted by Crippen LogP contribution is -2.43. The molecule has 0 unspecified atom stereocenters. The maximum atomic E-state index is 13.6. The van der Waals surface area contributed by atoms with Crippen LogP contribution >= 0.6 is 0 Å². The number of hydrogen-bond acceptors (Lipinski definition) is 6. The molecule has 1 atom stereocenters. The van der Waals surface area contributed by atoms with Gasteiger partial charge in [0.05, 0.1) is 19.2 Å². The zero-order valence-corrected chi connectivity index (χ0v) is 19.3. The Kier molecular flexibility index (Phi) is 7.19. The highest BCUT2D eigenvalue weighted by Crippen LogP contribution is 2.31. The number of rotatable bonds is 4. The number of carbonyl (C=O) groups is 3. The fourth-order valence-electron chi connectivity index (χ4n) is 3.80. The molecule has 2 aliphatic heterocycles. The van der Waals surface area contributed by atoms with E-state index >= 15 is 0 Å². The highest BCUT2D eigenvalue weighted by atomic mass is 19.3. The number of carbonyl (C=O) groups excluding carboxylic acids is 3. The van der Waals surface area contributed by atoms with E-state index in [0.717, 1.165) is 10.5 Å². The molecule has 34 heavy (non-hydrogen) atoms. The zero-order valence-electron chi connectivity index (χ0n) is 19.3. The highest BCUT2D eigenvalue weighted by Gasteiger charge is 2.47. The molecule has 1 fully saturated rings. The number of nitrogens with one attached hydrogen (secondary N) is 1. The van der Waals surface area contributed by atoms with Gasteiger partial charge in [-0.3, -0.25) is 14.6 Å². The van der Waals surface area contributed by atoms with Crippen molar-refractivity contribution >= 4 is 23.5 Å². The van der Waals surface area contributed by atoms with Crippen LogP contribution in [-0.2, 0) is 9.53 Å². The molecule has 3 rings (SSSR count). The first-order valence-electron chi connectivity index (χ1n) is 10.9. The number of alkyl halides is 2. The second kappa shape index (κ2) is 9.75. The van der Waals surface area contributed by atoms with Crippen molar-refractivity contribution in [2.45, 2.75) is 51.2 Å². The number of nitrogens with zero attached hydrogens (tertiary/aromatic N) is 4. The summed E-state index contributed by atoms with van der Waals surface area (Å²) in [6.45, 7) is 4.71. The molecule has 182 valence electrons. The van der Waals surface area contributed by atoms with Crippen molar-refractivity contribution in [2.24, 2.45) is 0 Å². The summed E-state index contributed by atoms with van der Waals surface area (Å²) in [6.07, 6.45) is 4.11. The van der Waals surface area contributed by atoms with Gasteiger partial charge in [-0.25, -0.2) is 13.6 Å². The van der Waals surface area contributed by atoms with E-state index in [1.165, 1.54) is 18.5 Å². The molecule has 1 N–H and O–H groups in total. The molecule has 0 radical (unpaired) electrons. The smallest absolute Gasteiger partial charge is 0.410 e. The Labute approximate surface area is 196 Å². The summed E-state index contributed by atoms with van der Waals surface area (Å²) in [6, 6.07) is 1.98. The zero-order chi connectivity index (χ0) is 25.1. The number of halogens is 2. The van der Waals surface area contributed by atoms with E-state index in [2.05, 4.69) is 10.3 Å². The lowest BCUT2D eigenvalue weighted by Gasteiger charge is -2.30. The van der Waals surface area contributed by atoms with E-state index in [4.69, 9.17) is 10.00 Å². The molecule has 2 aliphatic rings. The normalized spacial score (nSPS) is 19.8. The Balaban J connectivity index is 1.65. The second-order valence-corrected chi connectivity index (χ2v) is 9.24. The number of nitriles is 1. The van der Waals surface area contributed by atoms with Gasteiger partial charge >= 0.3 is 6.09 Å². The van der Waals surface area contributed by atoms with Gasteiger partial charge in [0.1, 0.15) is 11.6 Å². The first-order valence-corrected chi connectivity index (χ1v) is 10.9. The lowest BCUT2D eigenvalue weighted by atomic mass is 9.96. The molecule has 11 heteroatoms. The summed E-state index contributed by atoms with van der Waals surface area (Å²) in [7, 11) is 0. The molecule has 3 amide bonds. The third kappa shape index (κ3) is 6.07. The van der Waals surface area contributed by atoms with Crippen LogP contribution in [-0.4, -0.2) is 76.4 Å². The van der Waals surface area contributed by atoms with Gasteiger partial charge in [-0.1, -0.05) is 6.08 Å². The van der Waals surface area contributed by atoms with E-state index in [0.29, 0.717) is 25.1 Å². The average Bonchev–Trinajstić information content (AvgIpc) is 3.11. The van der Waals surface area contributed by atoms with Crippen LogP contribution in [0.1, 0.15) is 49.5 Å². The van der Waals surface area contributed by atoms with Gasteiger partial charge in [-0.2, -0.15) is 5.26 Å². The SMILES string of the molecule is CC(C)(C)OC(=O)N1CC=C(c2cnccc2C(=O)NCC(=O)N2CC(F)(F)C[C@H]2C#N)CC1. The molecule has 0 spiro atoms. The molecular formula is C23H27F2N5O4. The van der Waals surface area contributed by atoms with Gasteiger partial charge in [0.25, 0.3) is 11.8 Å². The predicted octanol–water partition coefficient (Wildman–Crippen LogP) is 2.60. The van der Waals surface area contributed by atoms with Crippen LogP contribution in [0.25, 0.3) is 5.57 Å². The molecule has 1 aromatic rings. The standard InChI is InChI=1S/C23H27F2N5O4/c1-22(2,3)34-21(33)29-8-5-15(6-9-29)18-12-27-7-4-17(18)20(32)28-13-19(31)30-14-23(24,25)10-16(30)11-26/h4-5,7,12,16H,6,8-10,13-14H2,1-3H3,(H,28,32)/t16-/m0/s1. The molecule has 9 nitrogen and oxygen atoms in total. The maximum absolute atomic E-state index is 13.6. The van der Waals surface area contributed by atoms with Gasteiger partial charge in [0, 0.05) is 43.0 Å². The number of pyridine rings is 1. The number of hydrogen-bond donors (Lipinski definition) is 1. The summed E-state index contributed by atoms with van der Waals surface area (Å²) in [5, 5.41) is 11.5. The number of ether oxygens (including phenoxy) is 1. The maximum Gasteiger partial charge on any atom is 0.410 e. The van der Waals surface area contributed by atoms with E-state index in [9.17, 15) is 23.2 Å². The number of likely N-dealkylation sites (tertiary alicyclic amines) is 1. The fraction of sp³-hybridized carbons (Fsp3) is 0.522. The van der Waals surface area contributed by atoms with E-state index < -0.39 is 55.0 Å². The van der Waals surface area contributed by atoms with Crippen LogP contribution in [0.2, 0.25) is 0 Å². The van der Waals surface area contributed by atoms with Crippen molar-refractivity contribution in [3.8, 4) is 6.07 Å². The molecular weight excluding hydrogens is 448 g/mol. The highest BCUT2D eigenvalue weighted by molar-refractivity contribution is 6.00. The van der Waals surface area contributed by atoms with Crippen LogP contribution in [0.5, 0.6) is 0 Å². The van der Waals surface area contributed by atoms with Crippen LogP contribution in [0, 0.1) is 11.3 Å². The summed E-state index contributed by atoms with van der Waals surface area (Å²) >= 11 is 0. The van der Waals surface area contributed by atoms with Crippen molar-refractivity contribution in [3.05, 3.63) is 35.7 Å². The molecule has 0 bridgehead atoms. The minimum Gasteiger partial charge on any atom is -0.444 e. The van der Waals surface area contributed by atoms with E-state index in [1.807, 2.05) is 6.08 Å². The van der Waals surface area contributed by atoms with E-state index in [1.54, 1.807) is 31.7 Å². The lowest BCUT2D eigenvalue weighted by molar-refractivity contribution is -0.131. The van der Waals surface area contributed by atoms with Crippen molar-refractivity contribution in [1.82, 2.24) is 20.1 Å². The molecule has 0 saturated carbocycles. The third-order valence-electron chi connectivity index (χ3n) is 5.41.